The number of likely N-dealkylation sites (N-methyl/N-ethyl adjacent to an activating group) is 1. The molecule has 2 aliphatic rings. The molecule has 2 fully saturated rings. The summed E-state index contributed by atoms with van der Waals surface area (Å²) < 4.78 is 6.32. The maximum absolute atomic E-state index is 6.32. The van der Waals surface area contributed by atoms with Crippen LogP contribution in [0.3, 0.4) is 0 Å². The first-order chi connectivity index (χ1) is 7.65. The molecule has 2 unspecified atom stereocenters. The fraction of sp³-hybridized carbons (Fsp3) is 1.00. The van der Waals surface area contributed by atoms with Gasteiger partial charge in [0.15, 0.2) is 0 Å². The van der Waals surface area contributed by atoms with Crippen LogP contribution < -0.4 is 0 Å². The minimum absolute atomic E-state index is 0.295. The first-order valence-electron chi connectivity index (χ1n) is 6.59. The highest BCUT2D eigenvalue weighted by Gasteiger charge is 2.42. The second-order valence-corrected chi connectivity index (χ2v) is 6.26. The molecular weight excluding hydrogens is 266 g/mol. The normalized spacial score (nSPS) is 30.4. The lowest BCUT2D eigenvalue weighted by Crippen LogP contribution is -2.38. The standard InChI is InChI=1S/C13H24BrNO/c1-11(9-14)15(2)10-12-5-8-13(16-12)6-3-4-7-13/h11-12H,3-10H2,1-2H3. The fourth-order valence-electron chi connectivity index (χ4n) is 3.03. The zero-order chi connectivity index (χ0) is 11.6. The average molecular weight is 290 g/mol. The third-order valence-corrected chi connectivity index (χ3v) is 5.26. The maximum atomic E-state index is 6.32. The van der Waals surface area contributed by atoms with Crippen molar-refractivity contribution >= 4 is 15.9 Å². The molecule has 0 bridgehead atoms. The van der Waals surface area contributed by atoms with E-state index in [9.17, 15) is 0 Å². The summed E-state index contributed by atoms with van der Waals surface area (Å²) in [6, 6.07) is 0.601. The first-order valence-corrected chi connectivity index (χ1v) is 7.71. The molecule has 16 heavy (non-hydrogen) atoms. The summed E-state index contributed by atoms with van der Waals surface area (Å²) >= 11 is 3.54. The molecule has 2 atom stereocenters. The van der Waals surface area contributed by atoms with Gasteiger partial charge in [-0.15, -0.1) is 0 Å². The van der Waals surface area contributed by atoms with E-state index in [1.54, 1.807) is 0 Å². The van der Waals surface area contributed by atoms with E-state index in [1.807, 2.05) is 0 Å². The van der Waals surface area contributed by atoms with Crippen molar-refractivity contribution in [1.29, 1.82) is 0 Å². The van der Waals surface area contributed by atoms with Gasteiger partial charge in [-0.05, 0) is 39.7 Å². The molecule has 0 amide bonds. The average Bonchev–Trinajstić information content (AvgIpc) is 2.89. The first kappa shape index (κ1) is 12.8. The van der Waals surface area contributed by atoms with Crippen LogP contribution in [0, 0.1) is 0 Å². The molecule has 0 radical (unpaired) electrons. The predicted octanol–water partition coefficient (Wildman–Crippen LogP) is 3.19. The lowest BCUT2D eigenvalue weighted by Gasteiger charge is -2.28. The van der Waals surface area contributed by atoms with Crippen molar-refractivity contribution < 1.29 is 4.74 Å². The van der Waals surface area contributed by atoms with Crippen molar-refractivity contribution in [3.8, 4) is 0 Å². The number of ether oxygens (including phenoxy) is 1. The smallest absolute Gasteiger partial charge is 0.0710 e. The van der Waals surface area contributed by atoms with E-state index in [-0.39, 0.29) is 0 Å². The molecular formula is C13H24BrNO. The number of hydrogen-bond donors (Lipinski definition) is 0. The molecule has 0 N–H and O–H groups in total. The van der Waals surface area contributed by atoms with Gasteiger partial charge < -0.3 is 9.64 Å². The van der Waals surface area contributed by atoms with Gasteiger partial charge in [-0.2, -0.15) is 0 Å². The van der Waals surface area contributed by atoms with Crippen molar-refractivity contribution in [2.75, 3.05) is 18.9 Å². The zero-order valence-electron chi connectivity index (χ0n) is 10.5. The summed E-state index contributed by atoms with van der Waals surface area (Å²) in [5.41, 5.74) is 0.295. The van der Waals surface area contributed by atoms with Gasteiger partial charge in [-0.3, -0.25) is 0 Å². The quantitative estimate of drug-likeness (QED) is 0.737. The Morgan fingerprint density at radius 1 is 1.38 bits per heavy atom. The second-order valence-electron chi connectivity index (χ2n) is 5.61. The summed E-state index contributed by atoms with van der Waals surface area (Å²) in [6.45, 7) is 3.35. The summed E-state index contributed by atoms with van der Waals surface area (Å²) in [5, 5.41) is 1.04. The topological polar surface area (TPSA) is 12.5 Å². The van der Waals surface area contributed by atoms with Crippen LogP contribution in [0.1, 0.15) is 45.4 Å². The SMILES string of the molecule is CC(CBr)N(C)CC1CCC2(CCCC2)O1. The molecule has 1 spiro atoms. The molecule has 1 aliphatic heterocycles. The van der Waals surface area contributed by atoms with Crippen molar-refractivity contribution in [3.05, 3.63) is 0 Å². The summed E-state index contributed by atoms with van der Waals surface area (Å²) in [4.78, 5) is 2.41. The van der Waals surface area contributed by atoms with Crippen molar-refractivity contribution in [2.45, 2.75) is 63.2 Å². The Hall–Kier alpha value is 0.400. The fourth-order valence-corrected chi connectivity index (χ4v) is 3.52. The lowest BCUT2D eigenvalue weighted by atomic mass is 9.98. The summed E-state index contributed by atoms with van der Waals surface area (Å²) in [7, 11) is 2.20. The second kappa shape index (κ2) is 5.36. The van der Waals surface area contributed by atoms with Crippen molar-refractivity contribution in [2.24, 2.45) is 0 Å². The maximum Gasteiger partial charge on any atom is 0.0710 e. The third kappa shape index (κ3) is 2.80. The van der Waals surface area contributed by atoms with Gasteiger partial charge in [-0.25, -0.2) is 0 Å². The van der Waals surface area contributed by atoms with Gasteiger partial charge in [0.05, 0.1) is 11.7 Å². The van der Waals surface area contributed by atoms with Gasteiger partial charge in [0, 0.05) is 17.9 Å². The van der Waals surface area contributed by atoms with Crippen LogP contribution in [-0.2, 0) is 4.74 Å². The monoisotopic (exact) mass is 289 g/mol. The van der Waals surface area contributed by atoms with Crippen LogP contribution in [0.4, 0.5) is 0 Å². The summed E-state index contributed by atoms with van der Waals surface area (Å²) in [6.07, 6.45) is 8.40. The molecule has 0 aromatic carbocycles. The van der Waals surface area contributed by atoms with Crippen molar-refractivity contribution in [3.63, 3.8) is 0 Å². The molecule has 1 aliphatic carbocycles. The minimum Gasteiger partial charge on any atom is -0.370 e. The third-order valence-electron chi connectivity index (χ3n) is 4.32. The minimum atomic E-state index is 0.295. The van der Waals surface area contributed by atoms with Crippen LogP contribution in [0.15, 0.2) is 0 Å². The summed E-state index contributed by atoms with van der Waals surface area (Å²) in [5.74, 6) is 0. The molecule has 94 valence electrons. The van der Waals surface area contributed by atoms with E-state index < -0.39 is 0 Å². The van der Waals surface area contributed by atoms with E-state index >= 15 is 0 Å². The highest BCUT2D eigenvalue weighted by atomic mass is 79.9. The van der Waals surface area contributed by atoms with Crippen LogP contribution in [0.2, 0.25) is 0 Å². The van der Waals surface area contributed by atoms with Crippen molar-refractivity contribution in [1.82, 2.24) is 4.90 Å². The van der Waals surface area contributed by atoms with Crippen LogP contribution in [0.5, 0.6) is 0 Å². The van der Waals surface area contributed by atoms with E-state index in [2.05, 4.69) is 34.8 Å². The Kier molecular flexibility index (Phi) is 4.31. The molecule has 0 aromatic heterocycles. The highest BCUT2D eigenvalue weighted by Crippen LogP contribution is 2.43. The Balaban J connectivity index is 1.80. The largest absolute Gasteiger partial charge is 0.370 e. The van der Waals surface area contributed by atoms with E-state index in [0.717, 1.165) is 11.9 Å². The van der Waals surface area contributed by atoms with E-state index in [4.69, 9.17) is 4.74 Å². The number of alkyl halides is 1. The number of nitrogens with zero attached hydrogens (tertiary/aromatic N) is 1. The number of hydrogen-bond acceptors (Lipinski definition) is 2. The van der Waals surface area contributed by atoms with E-state index in [0.29, 0.717) is 17.7 Å². The molecule has 0 aromatic rings. The zero-order valence-corrected chi connectivity index (χ0v) is 12.1. The highest BCUT2D eigenvalue weighted by molar-refractivity contribution is 9.09. The van der Waals surface area contributed by atoms with Crippen LogP contribution in [0.25, 0.3) is 0 Å². The Labute approximate surface area is 108 Å². The molecule has 2 nitrogen and oxygen atoms in total. The van der Waals surface area contributed by atoms with E-state index in [1.165, 1.54) is 38.5 Å². The Morgan fingerprint density at radius 3 is 2.69 bits per heavy atom. The lowest BCUT2D eigenvalue weighted by molar-refractivity contribution is -0.0471. The van der Waals surface area contributed by atoms with Gasteiger partial charge in [-0.1, -0.05) is 28.8 Å². The van der Waals surface area contributed by atoms with Gasteiger partial charge in [0.2, 0.25) is 0 Å². The molecule has 1 heterocycles. The number of halogens is 1. The molecule has 1 saturated heterocycles. The number of rotatable bonds is 4. The van der Waals surface area contributed by atoms with Crippen LogP contribution in [-0.4, -0.2) is 41.6 Å². The van der Waals surface area contributed by atoms with Gasteiger partial charge >= 0.3 is 0 Å². The van der Waals surface area contributed by atoms with Gasteiger partial charge in [0.25, 0.3) is 0 Å². The predicted molar refractivity (Wildman–Crippen MR) is 71.2 cm³/mol. The molecule has 3 heteroatoms. The Morgan fingerprint density at radius 2 is 2.06 bits per heavy atom. The molecule has 2 rings (SSSR count). The van der Waals surface area contributed by atoms with Crippen LogP contribution >= 0.6 is 15.9 Å². The van der Waals surface area contributed by atoms with Gasteiger partial charge in [0.1, 0.15) is 0 Å². The Bertz CT molecular complexity index is 228. The molecule has 1 saturated carbocycles.